The third kappa shape index (κ3) is 2.77. The van der Waals surface area contributed by atoms with E-state index in [2.05, 4.69) is 20.6 Å². The average Bonchev–Trinajstić information content (AvgIpc) is 2.86. The summed E-state index contributed by atoms with van der Waals surface area (Å²) in [6.07, 6.45) is 3.43. The van der Waals surface area contributed by atoms with Gasteiger partial charge in [-0.05, 0) is 6.54 Å². The lowest BCUT2D eigenvalue weighted by Gasteiger charge is -1.94. The molecule has 0 aromatic carbocycles. The van der Waals surface area contributed by atoms with Gasteiger partial charge in [0.15, 0.2) is 5.75 Å². The quantitative estimate of drug-likeness (QED) is 0.848. The van der Waals surface area contributed by atoms with Crippen molar-refractivity contribution in [1.82, 2.24) is 25.3 Å². The minimum Gasteiger partial charge on any atom is -0.426 e. The maximum atomic E-state index is 5.49. The van der Waals surface area contributed by atoms with Gasteiger partial charge in [0.25, 0.3) is 5.19 Å². The standard InChI is InChI=1S/C9H13N5OS/c1-3-10-5-8-12-13-9(16-8)15-7-4-11-14(2)6-7/h4,6,10H,3,5H2,1-2H3. The first-order chi connectivity index (χ1) is 7.78. The van der Waals surface area contributed by atoms with Crippen molar-refractivity contribution >= 4 is 11.3 Å². The zero-order valence-electron chi connectivity index (χ0n) is 9.17. The Hall–Kier alpha value is -1.47. The molecule has 2 aromatic heterocycles. The summed E-state index contributed by atoms with van der Waals surface area (Å²) in [7, 11) is 1.84. The molecule has 2 rings (SSSR count). The van der Waals surface area contributed by atoms with Crippen molar-refractivity contribution in [1.29, 1.82) is 0 Å². The topological polar surface area (TPSA) is 64.9 Å². The zero-order chi connectivity index (χ0) is 11.4. The number of ether oxygens (including phenoxy) is 1. The number of rotatable bonds is 5. The Morgan fingerprint density at radius 3 is 3.06 bits per heavy atom. The van der Waals surface area contributed by atoms with E-state index < -0.39 is 0 Å². The van der Waals surface area contributed by atoms with E-state index in [4.69, 9.17) is 4.74 Å². The van der Waals surface area contributed by atoms with Crippen LogP contribution in [-0.2, 0) is 13.6 Å². The van der Waals surface area contributed by atoms with Gasteiger partial charge in [-0.15, -0.1) is 5.10 Å². The molecule has 0 saturated carbocycles. The van der Waals surface area contributed by atoms with Gasteiger partial charge in [-0.1, -0.05) is 23.4 Å². The highest BCUT2D eigenvalue weighted by atomic mass is 32.1. The molecule has 0 radical (unpaired) electrons. The zero-order valence-corrected chi connectivity index (χ0v) is 9.99. The minimum atomic E-state index is 0.543. The molecule has 86 valence electrons. The van der Waals surface area contributed by atoms with E-state index in [-0.39, 0.29) is 0 Å². The number of hydrogen-bond donors (Lipinski definition) is 1. The lowest BCUT2D eigenvalue weighted by Crippen LogP contribution is -2.11. The molecule has 0 fully saturated rings. The second kappa shape index (κ2) is 5.04. The van der Waals surface area contributed by atoms with Crippen LogP contribution in [0.4, 0.5) is 0 Å². The Labute approximate surface area is 97.3 Å². The van der Waals surface area contributed by atoms with Crippen LogP contribution in [0.3, 0.4) is 0 Å². The molecule has 0 unspecified atom stereocenters. The van der Waals surface area contributed by atoms with Gasteiger partial charge in [0, 0.05) is 13.6 Å². The molecular weight excluding hydrogens is 226 g/mol. The third-order valence-electron chi connectivity index (χ3n) is 1.86. The highest BCUT2D eigenvalue weighted by molar-refractivity contribution is 7.13. The highest BCUT2D eigenvalue weighted by Gasteiger charge is 2.06. The third-order valence-corrected chi connectivity index (χ3v) is 2.66. The molecule has 1 N–H and O–H groups in total. The highest BCUT2D eigenvalue weighted by Crippen LogP contribution is 2.23. The minimum absolute atomic E-state index is 0.543. The van der Waals surface area contributed by atoms with E-state index in [0.717, 1.165) is 18.1 Å². The predicted octanol–water partition coefficient (Wildman–Crippen LogP) is 1.17. The summed E-state index contributed by atoms with van der Waals surface area (Å²) in [5.41, 5.74) is 0. The van der Waals surface area contributed by atoms with Gasteiger partial charge in [0.2, 0.25) is 0 Å². The molecule has 16 heavy (non-hydrogen) atoms. The van der Waals surface area contributed by atoms with Gasteiger partial charge >= 0.3 is 0 Å². The van der Waals surface area contributed by atoms with Gasteiger partial charge < -0.3 is 10.1 Å². The molecule has 2 aromatic rings. The van der Waals surface area contributed by atoms with Crippen LogP contribution in [0, 0.1) is 0 Å². The number of aromatic nitrogens is 4. The molecule has 0 bridgehead atoms. The molecule has 7 heteroatoms. The van der Waals surface area contributed by atoms with Crippen molar-refractivity contribution in [3.05, 3.63) is 17.4 Å². The van der Waals surface area contributed by atoms with Crippen LogP contribution in [-0.4, -0.2) is 26.5 Å². The Kier molecular flexibility index (Phi) is 3.47. The second-order valence-corrected chi connectivity index (χ2v) is 4.22. The van der Waals surface area contributed by atoms with Gasteiger partial charge in [0.1, 0.15) is 5.01 Å². The lowest BCUT2D eigenvalue weighted by molar-refractivity contribution is 0.472. The van der Waals surface area contributed by atoms with E-state index in [9.17, 15) is 0 Å². The van der Waals surface area contributed by atoms with Crippen LogP contribution >= 0.6 is 11.3 Å². The first kappa shape index (κ1) is 11.0. The smallest absolute Gasteiger partial charge is 0.299 e. The number of nitrogens with zero attached hydrogens (tertiary/aromatic N) is 4. The van der Waals surface area contributed by atoms with E-state index in [1.165, 1.54) is 11.3 Å². The van der Waals surface area contributed by atoms with Crippen molar-refractivity contribution in [2.24, 2.45) is 7.05 Å². The second-order valence-electron chi connectivity index (χ2n) is 3.19. The number of aryl methyl sites for hydroxylation is 1. The van der Waals surface area contributed by atoms with E-state index in [1.54, 1.807) is 17.1 Å². The van der Waals surface area contributed by atoms with Crippen molar-refractivity contribution in [3.63, 3.8) is 0 Å². The Morgan fingerprint density at radius 2 is 2.38 bits per heavy atom. The van der Waals surface area contributed by atoms with Crippen LogP contribution in [0.2, 0.25) is 0 Å². The molecule has 0 aliphatic heterocycles. The maximum Gasteiger partial charge on any atom is 0.299 e. The summed E-state index contributed by atoms with van der Waals surface area (Å²) in [4.78, 5) is 0. The summed E-state index contributed by atoms with van der Waals surface area (Å²) in [6.45, 7) is 3.69. The molecular formula is C9H13N5OS. The molecule has 0 spiro atoms. The molecule has 6 nitrogen and oxygen atoms in total. The summed E-state index contributed by atoms with van der Waals surface area (Å²) < 4.78 is 7.17. The van der Waals surface area contributed by atoms with Crippen molar-refractivity contribution in [2.75, 3.05) is 6.54 Å². The summed E-state index contributed by atoms with van der Waals surface area (Å²) in [5.74, 6) is 0.675. The molecule has 0 aliphatic rings. The Morgan fingerprint density at radius 1 is 1.50 bits per heavy atom. The number of nitrogens with one attached hydrogen (secondary N) is 1. The van der Waals surface area contributed by atoms with E-state index in [1.807, 2.05) is 14.0 Å². The molecule has 2 heterocycles. The van der Waals surface area contributed by atoms with Crippen LogP contribution in [0.25, 0.3) is 0 Å². The molecule has 0 amide bonds. The number of hydrogen-bond acceptors (Lipinski definition) is 6. The maximum absolute atomic E-state index is 5.49. The SMILES string of the molecule is CCNCc1nnc(Oc2cnn(C)c2)s1. The predicted molar refractivity (Wildman–Crippen MR) is 60.6 cm³/mol. The monoisotopic (exact) mass is 239 g/mol. The van der Waals surface area contributed by atoms with Crippen LogP contribution in [0.1, 0.15) is 11.9 Å². The summed E-state index contributed by atoms with van der Waals surface area (Å²) >= 11 is 1.43. The summed E-state index contributed by atoms with van der Waals surface area (Å²) in [5, 5.41) is 16.6. The van der Waals surface area contributed by atoms with Gasteiger partial charge in [-0.25, -0.2) is 0 Å². The lowest BCUT2D eigenvalue weighted by atomic mass is 10.6. The molecule has 0 saturated heterocycles. The van der Waals surface area contributed by atoms with E-state index >= 15 is 0 Å². The average molecular weight is 239 g/mol. The largest absolute Gasteiger partial charge is 0.426 e. The first-order valence-corrected chi connectivity index (χ1v) is 5.79. The van der Waals surface area contributed by atoms with Gasteiger partial charge in [0.05, 0.1) is 12.4 Å². The Balaban J connectivity index is 1.97. The van der Waals surface area contributed by atoms with E-state index in [0.29, 0.717) is 10.9 Å². The summed E-state index contributed by atoms with van der Waals surface area (Å²) in [6, 6.07) is 0. The van der Waals surface area contributed by atoms with Crippen molar-refractivity contribution in [2.45, 2.75) is 13.5 Å². The fourth-order valence-corrected chi connectivity index (χ4v) is 1.81. The molecule has 0 aliphatic carbocycles. The Bertz CT molecular complexity index is 452. The molecule has 0 atom stereocenters. The van der Waals surface area contributed by atoms with Crippen LogP contribution in [0.5, 0.6) is 10.9 Å². The fraction of sp³-hybridized carbons (Fsp3) is 0.444. The first-order valence-electron chi connectivity index (χ1n) is 4.97. The van der Waals surface area contributed by atoms with Gasteiger partial charge in [-0.3, -0.25) is 4.68 Å². The van der Waals surface area contributed by atoms with Crippen LogP contribution < -0.4 is 10.1 Å². The van der Waals surface area contributed by atoms with Gasteiger partial charge in [-0.2, -0.15) is 5.10 Å². The van der Waals surface area contributed by atoms with Crippen LogP contribution in [0.15, 0.2) is 12.4 Å². The van der Waals surface area contributed by atoms with Crippen molar-refractivity contribution in [3.8, 4) is 10.9 Å². The van der Waals surface area contributed by atoms with Crippen molar-refractivity contribution < 1.29 is 4.74 Å². The normalized spacial score (nSPS) is 10.6. The fourth-order valence-electron chi connectivity index (χ4n) is 1.14.